The third kappa shape index (κ3) is 3.05. The molecule has 100 valence electrons. The molecule has 0 aliphatic carbocycles. The van der Waals surface area contributed by atoms with E-state index in [-0.39, 0.29) is 0 Å². The lowest BCUT2D eigenvalue weighted by Gasteiger charge is -2.39. The average molecular weight is 267 g/mol. The first-order valence-corrected chi connectivity index (χ1v) is 7.19. The van der Waals surface area contributed by atoms with E-state index in [0.717, 1.165) is 24.7 Å². The number of rotatable bonds is 3. The van der Waals surface area contributed by atoms with Gasteiger partial charge in [0.1, 0.15) is 0 Å². The Bertz CT molecular complexity index is 392. The van der Waals surface area contributed by atoms with Crippen LogP contribution in [-0.2, 0) is 0 Å². The lowest BCUT2D eigenvalue weighted by Crippen LogP contribution is -2.53. The van der Waals surface area contributed by atoms with Crippen molar-refractivity contribution in [2.75, 3.05) is 19.6 Å². The molecule has 2 atom stereocenters. The van der Waals surface area contributed by atoms with Crippen molar-refractivity contribution in [1.82, 2.24) is 10.2 Å². The SMILES string of the molecule is CC(C)C1CN(C(C)c2ccccc2Cl)CCN1. The first-order valence-electron chi connectivity index (χ1n) is 6.81. The van der Waals surface area contributed by atoms with Crippen molar-refractivity contribution in [1.29, 1.82) is 0 Å². The Balaban J connectivity index is 2.09. The van der Waals surface area contributed by atoms with Crippen LogP contribution < -0.4 is 5.32 Å². The highest BCUT2D eigenvalue weighted by Gasteiger charge is 2.26. The van der Waals surface area contributed by atoms with Gasteiger partial charge in [-0.3, -0.25) is 4.90 Å². The van der Waals surface area contributed by atoms with Crippen molar-refractivity contribution in [2.45, 2.75) is 32.9 Å². The van der Waals surface area contributed by atoms with E-state index in [4.69, 9.17) is 11.6 Å². The van der Waals surface area contributed by atoms with Gasteiger partial charge in [0, 0.05) is 36.7 Å². The molecule has 2 nitrogen and oxygen atoms in total. The summed E-state index contributed by atoms with van der Waals surface area (Å²) in [4.78, 5) is 2.53. The molecule has 0 saturated carbocycles. The summed E-state index contributed by atoms with van der Waals surface area (Å²) in [5.41, 5.74) is 1.24. The zero-order valence-corrected chi connectivity index (χ0v) is 12.2. The number of nitrogens with zero attached hydrogens (tertiary/aromatic N) is 1. The summed E-state index contributed by atoms with van der Waals surface area (Å²) in [5, 5.41) is 4.47. The molecule has 2 rings (SSSR count). The van der Waals surface area contributed by atoms with Crippen LogP contribution in [0.3, 0.4) is 0 Å². The Morgan fingerprint density at radius 3 is 2.67 bits per heavy atom. The molecule has 1 fully saturated rings. The maximum absolute atomic E-state index is 6.29. The van der Waals surface area contributed by atoms with E-state index >= 15 is 0 Å². The number of halogens is 1. The Morgan fingerprint density at radius 1 is 1.28 bits per heavy atom. The molecule has 1 aliphatic heterocycles. The van der Waals surface area contributed by atoms with E-state index in [1.807, 2.05) is 12.1 Å². The highest BCUT2D eigenvalue weighted by Crippen LogP contribution is 2.28. The van der Waals surface area contributed by atoms with Crippen molar-refractivity contribution in [3.05, 3.63) is 34.9 Å². The van der Waals surface area contributed by atoms with Gasteiger partial charge in [-0.15, -0.1) is 0 Å². The van der Waals surface area contributed by atoms with Gasteiger partial charge in [-0.2, -0.15) is 0 Å². The molecule has 3 heteroatoms. The monoisotopic (exact) mass is 266 g/mol. The molecule has 0 aromatic heterocycles. The maximum atomic E-state index is 6.29. The summed E-state index contributed by atoms with van der Waals surface area (Å²) < 4.78 is 0. The lowest BCUT2D eigenvalue weighted by atomic mass is 9.99. The van der Waals surface area contributed by atoms with Crippen molar-refractivity contribution >= 4 is 11.6 Å². The molecule has 0 amide bonds. The quantitative estimate of drug-likeness (QED) is 0.903. The largest absolute Gasteiger partial charge is 0.311 e. The van der Waals surface area contributed by atoms with Crippen LogP contribution in [0.4, 0.5) is 0 Å². The number of nitrogens with one attached hydrogen (secondary N) is 1. The van der Waals surface area contributed by atoms with E-state index in [1.165, 1.54) is 5.56 Å². The highest BCUT2D eigenvalue weighted by atomic mass is 35.5. The topological polar surface area (TPSA) is 15.3 Å². The van der Waals surface area contributed by atoms with E-state index in [2.05, 4.69) is 43.1 Å². The second-order valence-electron chi connectivity index (χ2n) is 5.50. The number of hydrogen-bond donors (Lipinski definition) is 1. The molecule has 0 radical (unpaired) electrons. The van der Waals surface area contributed by atoms with Crippen LogP contribution in [0.5, 0.6) is 0 Å². The fraction of sp³-hybridized carbons (Fsp3) is 0.600. The third-order valence-corrected chi connectivity index (χ3v) is 4.29. The maximum Gasteiger partial charge on any atom is 0.0453 e. The van der Waals surface area contributed by atoms with Gasteiger partial charge >= 0.3 is 0 Å². The molecular formula is C15H23ClN2. The molecule has 2 unspecified atom stereocenters. The first-order chi connectivity index (χ1) is 8.59. The molecule has 1 aliphatic rings. The van der Waals surface area contributed by atoms with Crippen molar-refractivity contribution in [3.8, 4) is 0 Å². The Labute approximate surface area is 115 Å². The molecule has 0 bridgehead atoms. The number of hydrogen-bond acceptors (Lipinski definition) is 2. The van der Waals surface area contributed by atoms with Crippen LogP contribution in [0.1, 0.15) is 32.4 Å². The normalized spacial score (nSPS) is 23.3. The minimum atomic E-state index is 0.391. The molecule has 1 aromatic rings. The van der Waals surface area contributed by atoms with Crippen LogP contribution in [0.25, 0.3) is 0 Å². The summed E-state index contributed by atoms with van der Waals surface area (Å²) in [6.45, 7) is 10.1. The molecule has 1 heterocycles. The molecule has 0 spiro atoms. The fourth-order valence-electron chi connectivity index (χ4n) is 2.61. The zero-order chi connectivity index (χ0) is 13.1. The van der Waals surface area contributed by atoms with Crippen LogP contribution in [0.2, 0.25) is 5.02 Å². The standard InChI is InChI=1S/C15H23ClN2/c1-11(2)15-10-18(9-8-17-15)12(3)13-6-4-5-7-14(13)16/h4-7,11-12,15,17H,8-10H2,1-3H3. The summed E-state index contributed by atoms with van der Waals surface area (Å²) in [7, 11) is 0. The van der Waals surface area contributed by atoms with E-state index in [9.17, 15) is 0 Å². The van der Waals surface area contributed by atoms with E-state index in [1.54, 1.807) is 0 Å². The molecule has 1 N–H and O–H groups in total. The van der Waals surface area contributed by atoms with Crippen LogP contribution in [0.15, 0.2) is 24.3 Å². The first kappa shape index (κ1) is 13.9. The smallest absolute Gasteiger partial charge is 0.0453 e. The van der Waals surface area contributed by atoms with E-state index in [0.29, 0.717) is 18.0 Å². The van der Waals surface area contributed by atoms with Crippen molar-refractivity contribution in [3.63, 3.8) is 0 Å². The summed E-state index contributed by atoms with van der Waals surface area (Å²) >= 11 is 6.29. The number of benzene rings is 1. The Hall–Kier alpha value is -0.570. The Morgan fingerprint density at radius 2 is 2.00 bits per heavy atom. The van der Waals surface area contributed by atoms with Crippen LogP contribution in [0, 0.1) is 5.92 Å². The summed E-state index contributed by atoms with van der Waals surface area (Å²) in [6.07, 6.45) is 0. The Kier molecular flexibility index (Phi) is 4.66. The van der Waals surface area contributed by atoms with Gasteiger partial charge in [-0.05, 0) is 24.5 Å². The zero-order valence-electron chi connectivity index (χ0n) is 11.5. The third-order valence-electron chi connectivity index (χ3n) is 3.94. The summed E-state index contributed by atoms with van der Waals surface area (Å²) in [5.74, 6) is 0.672. The number of piperazine rings is 1. The van der Waals surface area contributed by atoms with Gasteiger partial charge in [0.2, 0.25) is 0 Å². The van der Waals surface area contributed by atoms with Gasteiger partial charge < -0.3 is 5.32 Å². The molecule has 1 aromatic carbocycles. The van der Waals surface area contributed by atoms with Crippen molar-refractivity contribution < 1.29 is 0 Å². The molecule has 1 saturated heterocycles. The van der Waals surface area contributed by atoms with Crippen LogP contribution >= 0.6 is 11.6 Å². The summed E-state index contributed by atoms with van der Waals surface area (Å²) in [6, 6.07) is 9.16. The molecule has 18 heavy (non-hydrogen) atoms. The fourth-order valence-corrected chi connectivity index (χ4v) is 2.90. The van der Waals surface area contributed by atoms with Crippen LogP contribution in [-0.4, -0.2) is 30.6 Å². The molecular weight excluding hydrogens is 244 g/mol. The minimum Gasteiger partial charge on any atom is -0.311 e. The second-order valence-corrected chi connectivity index (χ2v) is 5.90. The lowest BCUT2D eigenvalue weighted by molar-refractivity contribution is 0.135. The van der Waals surface area contributed by atoms with Crippen molar-refractivity contribution in [2.24, 2.45) is 5.92 Å². The minimum absolute atomic E-state index is 0.391. The average Bonchev–Trinajstić information content (AvgIpc) is 2.38. The van der Waals surface area contributed by atoms with Gasteiger partial charge in [0.25, 0.3) is 0 Å². The van der Waals surface area contributed by atoms with Gasteiger partial charge in [-0.25, -0.2) is 0 Å². The predicted octanol–water partition coefficient (Wildman–Crippen LogP) is 3.33. The van der Waals surface area contributed by atoms with E-state index < -0.39 is 0 Å². The van der Waals surface area contributed by atoms with Gasteiger partial charge in [0.05, 0.1) is 0 Å². The predicted molar refractivity (Wildman–Crippen MR) is 78.1 cm³/mol. The van der Waals surface area contributed by atoms with Gasteiger partial charge in [-0.1, -0.05) is 43.6 Å². The second kappa shape index (κ2) is 6.05. The highest BCUT2D eigenvalue weighted by molar-refractivity contribution is 6.31. The van der Waals surface area contributed by atoms with Gasteiger partial charge in [0.15, 0.2) is 0 Å².